The van der Waals surface area contributed by atoms with Crippen molar-refractivity contribution in [3.05, 3.63) is 23.2 Å². The second-order valence-electron chi connectivity index (χ2n) is 3.83. The largest absolute Gasteiger partial charge is 0.463 e. The second kappa shape index (κ2) is 6.38. The Morgan fingerprint density at radius 3 is 2.73 bits per heavy atom. The molecule has 0 saturated heterocycles. The number of nitrogens with zero attached hydrogens (tertiary/aromatic N) is 1. The molecule has 1 aromatic rings. The summed E-state index contributed by atoms with van der Waals surface area (Å²) in [5.74, 6) is 2.21. The van der Waals surface area contributed by atoms with Crippen LogP contribution in [-0.4, -0.2) is 25.5 Å². The first-order chi connectivity index (χ1) is 6.25. The molecule has 2 rings (SSSR count). The van der Waals surface area contributed by atoms with Crippen LogP contribution < -0.4 is 5.32 Å². The quantitative estimate of drug-likeness (QED) is 0.871. The zero-order valence-corrected chi connectivity index (χ0v) is 10.7. The van der Waals surface area contributed by atoms with Gasteiger partial charge in [-0.15, -0.1) is 24.8 Å². The fourth-order valence-electron chi connectivity index (χ4n) is 1.70. The van der Waals surface area contributed by atoms with Gasteiger partial charge in [0.2, 0.25) is 0 Å². The lowest BCUT2D eigenvalue weighted by molar-refractivity contribution is 0.337. The van der Waals surface area contributed by atoms with Gasteiger partial charge in [0.1, 0.15) is 11.5 Å². The zero-order chi connectivity index (χ0) is 9.26. The molecule has 3 nitrogen and oxygen atoms in total. The van der Waals surface area contributed by atoms with E-state index in [1.807, 2.05) is 0 Å². The maximum atomic E-state index is 5.71. The molecule has 0 unspecified atom stereocenters. The number of nitrogens with one attached hydrogen (secondary N) is 1. The summed E-state index contributed by atoms with van der Waals surface area (Å²) in [5.41, 5.74) is 1.38. The SMILES string of the molecule is CN(C)Cc1cc2c(o1)CNCC2.Cl.Cl. The molecular formula is C10H18Cl2N2O. The second-order valence-corrected chi connectivity index (χ2v) is 3.83. The summed E-state index contributed by atoms with van der Waals surface area (Å²) in [6.07, 6.45) is 1.10. The van der Waals surface area contributed by atoms with Crippen molar-refractivity contribution < 1.29 is 4.42 Å². The van der Waals surface area contributed by atoms with Crippen LogP contribution in [0, 0.1) is 0 Å². The van der Waals surface area contributed by atoms with E-state index in [-0.39, 0.29) is 24.8 Å². The van der Waals surface area contributed by atoms with Crippen molar-refractivity contribution in [2.24, 2.45) is 0 Å². The Balaban J connectivity index is 0.000000980. The molecule has 15 heavy (non-hydrogen) atoms. The third-order valence-electron chi connectivity index (χ3n) is 2.28. The van der Waals surface area contributed by atoms with E-state index in [4.69, 9.17) is 4.42 Å². The highest BCUT2D eigenvalue weighted by atomic mass is 35.5. The van der Waals surface area contributed by atoms with Crippen molar-refractivity contribution in [2.45, 2.75) is 19.5 Å². The average molecular weight is 253 g/mol. The minimum atomic E-state index is 0. The molecule has 88 valence electrons. The predicted molar refractivity (Wildman–Crippen MR) is 66.0 cm³/mol. The molecule has 0 atom stereocenters. The highest BCUT2D eigenvalue weighted by Crippen LogP contribution is 2.19. The van der Waals surface area contributed by atoms with Gasteiger partial charge in [0, 0.05) is 0 Å². The third-order valence-corrected chi connectivity index (χ3v) is 2.28. The van der Waals surface area contributed by atoms with Crippen LogP contribution in [0.15, 0.2) is 10.5 Å². The van der Waals surface area contributed by atoms with Gasteiger partial charge in [-0.25, -0.2) is 0 Å². The van der Waals surface area contributed by atoms with Gasteiger partial charge >= 0.3 is 0 Å². The number of fused-ring (bicyclic) bond motifs is 1. The van der Waals surface area contributed by atoms with Crippen LogP contribution >= 0.6 is 24.8 Å². The molecule has 5 heteroatoms. The standard InChI is InChI=1S/C10H16N2O.2ClH/c1-12(2)7-9-5-8-3-4-11-6-10(8)13-9;;/h5,11H,3-4,6-7H2,1-2H3;2*1H. The summed E-state index contributed by atoms with van der Waals surface area (Å²) in [7, 11) is 4.11. The summed E-state index contributed by atoms with van der Waals surface area (Å²) in [4.78, 5) is 2.12. The lowest BCUT2D eigenvalue weighted by Gasteiger charge is -2.09. The number of hydrogen-bond donors (Lipinski definition) is 1. The molecule has 1 N–H and O–H groups in total. The van der Waals surface area contributed by atoms with E-state index < -0.39 is 0 Å². The fraction of sp³-hybridized carbons (Fsp3) is 0.600. The lowest BCUT2D eigenvalue weighted by Crippen LogP contribution is -2.22. The van der Waals surface area contributed by atoms with Gasteiger partial charge < -0.3 is 14.6 Å². The van der Waals surface area contributed by atoms with E-state index in [9.17, 15) is 0 Å². The maximum Gasteiger partial charge on any atom is 0.121 e. The summed E-state index contributed by atoms with van der Waals surface area (Å²) < 4.78 is 5.71. The molecule has 0 aliphatic carbocycles. The van der Waals surface area contributed by atoms with Crippen molar-refractivity contribution in [1.29, 1.82) is 0 Å². The molecule has 1 aromatic heterocycles. The Morgan fingerprint density at radius 2 is 2.13 bits per heavy atom. The zero-order valence-electron chi connectivity index (χ0n) is 9.08. The van der Waals surface area contributed by atoms with Gasteiger partial charge in [-0.3, -0.25) is 0 Å². The molecule has 1 aliphatic rings. The topological polar surface area (TPSA) is 28.4 Å². The van der Waals surface area contributed by atoms with Gasteiger partial charge in [-0.2, -0.15) is 0 Å². The Labute approximate surface area is 103 Å². The molecule has 2 heterocycles. The summed E-state index contributed by atoms with van der Waals surface area (Å²) in [5, 5.41) is 3.30. The van der Waals surface area contributed by atoms with Gasteiger partial charge in [0.25, 0.3) is 0 Å². The minimum absolute atomic E-state index is 0. The van der Waals surface area contributed by atoms with Gasteiger partial charge in [-0.05, 0) is 38.7 Å². The smallest absolute Gasteiger partial charge is 0.121 e. The molecule has 0 radical (unpaired) electrons. The van der Waals surface area contributed by atoms with Crippen LogP contribution in [0.1, 0.15) is 17.1 Å². The predicted octanol–water partition coefficient (Wildman–Crippen LogP) is 1.83. The maximum absolute atomic E-state index is 5.71. The molecule has 0 spiro atoms. The summed E-state index contributed by atoms with van der Waals surface area (Å²) >= 11 is 0. The monoisotopic (exact) mass is 252 g/mol. The highest BCUT2D eigenvalue weighted by molar-refractivity contribution is 5.85. The molecular weight excluding hydrogens is 235 g/mol. The summed E-state index contributed by atoms with van der Waals surface area (Å²) in [6, 6.07) is 2.19. The van der Waals surface area contributed by atoms with Gasteiger partial charge in [0.15, 0.2) is 0 Å². The van der Waals surface area contributed by atoms with Crippen molar-refractivity contribution >= 4 is 24.8 Å². The van der Waals surface area contributed by atoms with Crippen LogP contribution in [0.2, 0.25) is 0 Å². The van der Waals surface area contributed by atoms with E-state index in [1.165, 1.54) is 5.56 Å². The van der Waals surface area contributed by atoms with Crippen LogP contribution in [0.4, 0.5) is 0 Å². The first kappa shape index (κ1) is 14.8. The van der Waals surface area contributed by atoms with Gasteiger partial charge in [0.05, 0.1) is 13.1 Å². The van der Waals surface area contributed by atoms with E-state index >= 15 is 0 Å². The highest BCUT2D eigenvalue weighted by Gasteiger charge is 2.14. The van der Waals surface area contributed by atoms with Crippen molar-refractivity contribution in [1.82, 2.24) is 10.2 Å². The number of furan rings is 1. The van der Waals surface area contributed by atoms with E-state index in [1.54, 1.807) is 0 Å². The van der Waals surface area contributed by atoms with Crippen molar-refractivity contribution in [3.8, 4) is 0 Å². The molecule has 0 amide bonds. The van der Waals surface area contributed by atoms with Crippen LogP contribution in [0.5, 0.6) is 0 Å². The van der Waals surface area contributed by atoms with Crippen LogP contribution in [0.3, 0.4) is 0 Å². The number of hydrogen-bond acceptors (Lipinski definition) is 3. The Morgan fingerprint density at radius 1 is 1.40 bits per heavy atom. The van der Waals surface area contributed by atoms with Gasteiger partial charge in [-0.1, -0.05) is 0 Å². The van der Waals surface area contributed by atoms with Crippen LogP contribution in [-0.2, 0) is 19.5 Å². The van der Waals surface area contributed by atoms with E-state index in [0.29, 0.717) is 0 Å². The third kappa shape index (κ3) is 3.68. The number of rotatable bonds is 2. The molecule has 0 saturated carbocycles. The molecule has 0 fully saturated rings. The Bertz CT molecular complexity index is 276. The molecule has 0 bridgehead atoms. The fourth-order valence-corrected chi connectivity index (χ4v) is 1.70. The Kier molecular flexibility index (Phi) is 6.29. The van der Waals surface area contributed by atoms with Crippen LogP contribution in [0.25, 0.3) is 0 Å². The van der Waals surface area contributed by atoms with E-state index in [0.717, 1.165) is 37.6 Å². The average Bonchev–Trinajstić information content (AvgIpc) is 2.44. The van der Waals surface area contributed by atoms with Crippen molar-refractivity contribution in [2.75, 3.05) is 20.6 Å². The summed E-state index contributed by atoms with van der Waals surface area (Å²) in [6.45, 7) is 2.86. The normalized spacial score (nSPS) is 14.1. The molecule has 0 aromatic carbocycles. The first-order valence-electron chi connectivity index (χ1n) is 4.71. The lowest BCUT2D eigenvalue weighted by atomic mass is 10.1. The first-order valence-corrected chi connectivity index (χ1v) is 4.71. The Hall–Kier alpha value is -0.220. The minimum Gasteiger partial charge on any atom is -0.463 e. The van der Waals surface area contributed by atoms with Crippen molar-refractivity contribution in [3.63, 3.8) is 0 Å². The number of halogens is 2. The van der Waals surface area contributed by atoms with E-state index in [2.05, 4.69) is 30.4 Å². The molecule has 1 aliphatic heterocycles.